The van der Waals surface area contributed by atoms with E-state index in [0.717, 1.165) is 0 Å². The monoisotopic (exact) mass is 193 g/mol. The molecule has 1 aliphatic carbocycles. The van der Waals surface area contributed by atoms with E-state index in [-0.39, 0.29) is 0 Å². The maximum Gasteiger partial charge on any atom is 0.0413 e. The van der Waals surface area contributed by atoms with Gasteiger partial charge in [-0.15, -0.1) is 0 Å². The van der Waals surface area contributed by atoms with E-state index >= 15 is 0 Å². The van der Waals surface area contributed by atoms with Crippen LogP contribution in [0, 0.1) is 6.92 Å². The molecule has 1 heterocycles. The maximum absolute atomic E-state index is 3.24. The Balaban J connectivity index is 0.000000379. The summed E-state index contributed by atoms with van der Waals surface area (Å²) in [5.74, 6) is 0. The molecule has 0 saturated heterocycles. The third-order valence-corrected chi connectivity index (χ3v) is 2.02. The van der Waals surface area contributed by atoms with E-state index < -0.39 is 0 Å². The van der Waals surface area contributed by atoms with Gasteiger partial charge >= 0.3 is 0 Å². The van der Waals surface area contributed by atoms with Crippen LogP contribution in [0.25, 0.3) is 12.2 Å². The van der Waals surface area contributed by atoms with E-state index in [2.05, 4.69) is 30.3 Å². The smallest absolute Gasteiger partial charge is 0.0413 e. The van der Waals surface area contributed by atoms with Crippen LogP contribution in [0.3, 0.4) is 0 Å². The van der Waals surface area contributed by atoms with Crippen molar-refractivity contribution in [3.8, 4) is 0 Å². The zero-order valence-electron chi connectivity index (χ0n) is 10.1. The first-order chi connectivity index (χ1) is 6.88. The molecule has 0 fully saturated rings. The quantitative estimate of drug-likeness (QED) is 0.652. The molecule has 1 heteroatoms. The fraction of sp³-hybridized carbons (Fsp3) is 0.538. The maximum atomic E-state index is 3.24. The van der Waals surface area contributed by atoms with Crippen molar-refractivity contribution >= 4 is 12.2 Å². The molecule has 1 N–H and O–H groups in total. The Morgan fingerprint density at radius 1 is 1.00 bits per heavy atom. The highest BCUT2D eigenvalue weighted by molar-refractivity contribution is 5.38. The van der Waals surface area contributed by atoms with E-state index in [1.807, 2.05) is 27.7 Å². The average Bonchev–Trinajstić information content (AvgIpc) is 2.67. The molecule has 0 aromatic carbocycles. The van der Waals surface area contributed by atoms with Crippen LogP contribution in [0.4, 0.5) is 0 Å². The van der Waals surface area contributed by atoms with Gasteiger partial charge in [-0.1, -0.05) is 39.8 Å². The van der Waals surface area contributed by atoms with Gasteiger partial charge in [0.2, 0.25) is 0 Å². The van der Waals surface area contributed by atoms with E-state index in [0.29, 0.717) is 0 Å². The molecule has 14 heavy (non-hydrogen) atoms. The fourth-order valence-electron chi connectivity index (χ4n) is 1.45. The van der Waals surface area contributed by atoms with Gasteiger partial charge in [-0.3, -0.25) is 0 Å². The van der Waals surface area contributed by atoms with Gasteiger partial charge in [0.05, 0.1) is 0 Å². The normalized spacial score (nSPS) is 11.8. The van der Waals surface area contributed by atoms with Gasteiger partial charge in [0, 0.05) is 11.5 Å². The van der Waals surface area contributed by atoms with Crippen molar-refractivity contribution < 1.29 is 0 Å². The minimum atomic E-state index is 1.19. The van der Waals surface area contributed by atoms with Crippen molar-refractivity contribution in [1.29, 1.82) is 0 Å². The van der Waals surface area contributed by atoms with Gasteiger partial charge in [0.15, 0.2) is 0 Å². The number of H-pyrrole nitrogens is 1. The molecule has 0 atom stereocenters. The first kappa shape index (κ1) is 13.0. The number of aromatic amines is 1. The van der Waals surface area contributed by atoms with Gasteiger partial charge in [-0.2, -0.15) is 0 Å². The third-order valence-electron chi connectivity index (χ3n) is 2.02. The molecule has 1 aromatic heterocycles. The van der Waals surface area contributed by atoms with Crippen molar-refractivity contribution in [2.45, 2.75) is 47.5 Å². The topological polar surface area (TPSA) is 15.8 Å². The molecule has 0 amide bonds. The summed E-state index contributed by atoms with van der Waals surface area (Å²) in [5.41, 5.74) is 1.37. The van der Waals surface area contributed by atoms with Gasteiger partial charge < -0.3 is 4.98 Å². The molecule has 0 aliphatic heterocycles. The Kier molecular flexibility index (Phi) is 6.91. The number of rotatable bonds is 0. The Morgan fingerprint density at radius 3 is 2.14 bits per heavy atom. The number of hydrogen-bond donors (Lipinski definition) is 1. The summed E-state index contributed by atoms with van der Waals surface area (Å²) >= 11 is 0. The van der Waals surface area contributed by atoms with Crippen LogP contribution in [-0.2, 0) is 0 Å². The Bertz CT molecular complexity index is 344. The number of fused-ring (bicyclic) bond motifs is 1. The Morgan fingerprint density at radius 2 is 1.57 bits per heavy atom. The average molecular weight is 193 g/mol. The predicted molar refractivity (Wildman–Crippen MR) is 65.6 cm³/mol. The SMILES string of the molecule is CC.CC.Cc1c[nH]c2c1=CCCC=2. The lowest BCUT2D eigenvalue weighted by molar-refractivity contribution is 1.10. The van der Waals surface area contributed by atoms with E-state index in [9.17, 15) is 0 Å². The molecule has 0 saturated carbocycles. The number of hydrogen-bond acceptors (Lipinski definition) is 0. The molecule has 2 rings (SSSR count). The summed E-state index contributed by atoms with van der Waals surface area (Å²) in [6.45, 7) is 10.1. The van der Waals surface area contributed by atoms with E-state index in [1.54, 1.807) is 0 Å². The highest BCUT2D eigenvalue weighted by Gasteiger charge is 1.95. The lowest BCUT2D eigenvalue weighted by Crippen LogP contribution is -2.25. The van der Waals surface area contributed by atoms with Gasteiger partial charge in [0.1, 0.15) is 0 Å². The molecular weight excluding hydrogens is 170 g/mol. The van der Waals surface area contributed by atoms with Crippen LogP contribution in [0.15, 0.2) is 6.20 Å². The lowest BCUT2D eigenvalue weighted by atomic mass is 10.1. The molecular formula is C13H23N. The van der Waals surface area contributed by atoms with Gasteiger partial charge in [-0.05, 0) is 30.5 Å². The molecule has 0 bridgehead atoms. The van der Waals surface area contributed by atoms with Crippen molar-refractivity contribution in [3.63, 3.8) is 0 Å². The summed E-state index contributed by atoms with van der Waals surface area (Å²) in [6, 6.07) is 0. The second-order valence-electron chi connectivity index (χ2n) is 2.78. The van der Waals surface area contributed by atoms with Crippen LogP contribution in [-0.4, -0.2) is 4.98 Å². The van der Waals surface area contributed by atoms with Crippen LogP contribution in [0.2, 0.25) is 0 Å². The first-order valence-electron chi connectivity index (χ1n) is 5.72. The molecule has 1 aliphatic rings. The van der Waals surface area contributed by atoms with Crippen LogP contribution in [0.5, 0.6) is 0 Å². The Hall–Kier alpha value is -0.980. The number of aryl methyl sites for hydroxylation is 1. The van der Waals surface area contributed by atoms with Crippen LogP contribution in [0.1, 0.15) is 46.1 Å². The standard InChI is InChI=1S/C9H11N.2C2H6/c1-7-6-10-9-5-3-2-4-8(7)9;2*1-2/h4-6,10H,2-3H2,1H3;2*1-2H3. The van der Waals surface area contributed by atoms with Crippen LogP contribution < -0.4 is 10.6 Å². The lowest BCUT2D eigenvalue weighted by Gasteiger charge is -1.93. The number of nitrogens with one attached hydrogen (secondary N) is 1. The largest absolute Gasteiger partial charge is 0.361 e. The van der Waals surface area contributed by atoms with Crippen LogP contribution >= 0.6 is 0 Å². The first-order valence-corrected chi connectivity index (χ1v) is 5.72. The summed E-state index contributed by atoms with van der Waals surface area (Å²) in [6.07, 6.45) is 9.03. The third kappa shape index (κ3) is 3.06. The fourth-order valence-corrected chi connectivity index (χ4v) is 1.45. The number of aromatic nitrogens is 1. The molecule has 0 spiro atoms. The van der Waals surface area contributed by atoms with Crippen molar-refractivity contribution in [3.05, 3.63) is 22.3 Å². The summed E-state index contributed by atoms with van der Waals surface area (Å²) in [7, 11) is 0. The predicted octanol–water partition coefficient (Wildman–Crippen LogP) is 2.73. The zero-order valence-corrected chi connectivity index (χ0v) is 10.1. The van der Waals surface area contributed by atoms with Gasteiger partial charge in [-0.25, -0.2) is 0 Å². The zero-order chi connectivity index (χ0) is 11.0. The second kappa shape index (κ2) is 7.43. The molecule has 1 aromatic rings. The highest BCUT2D eigenvalue weighted by Crippen LogP contribution is 1.95. The van der Waals surface area contributed by atoms with Crippen molar-refractivity contribution in [1.82, 2.24) is 4.98 Å². The molecule has 0 unspecified atom stereocenters. The Labute approximate surface area is 87.6 Å². The van der Waals surface area contributed by atoms with Crippen molar-refractivity contribution in [2.75, 3.05) is 0 Å². The minimum Gasteiger partial charge on any atom is -0.361 e. The van der Waals surface area contributed by atoms with E-state index in [1.165, 1.54) is 29.0 Å². The van der Waals surface area contributed by atoms with Crippen molar-refractivity contribution in [2.24, 2.45) is 0 Å². The highest BCUT2D eigenvalue weighted by atomic mass is 14.7. The molecule has 80 valence electrons. The molecule has 1 nitrogen and oxygen atoms in total. The summed E-state index contributed by atoms with van der Waals surface area (Å²) in [5, 5.41) is 2.72. The second-order valence-corrected chi connectivity index (χ2v) is 2.78. The minimum absolute atomic E-state index is 1.19. The van der Waals surface area contributed by atoms with Gasteiger partial charge in [0.25, 0.3) is 0 Å². The molecule has 0 radical (unpaired) electrons. The summed E-state index contributed by atoms with van der Waals surface area (Å²) < 4.78 is 0. The summed E-state index contributed by atoms with van der Waals surface area (Å²) in [4.78, 5) is 3.24. The van der Waals surface area contributed by atoms with E-state index in [4.69, 9.17) is 0 Å².